The molecular weight excluding hydrogens is 709 g/mol. The number of aromatic nitrogens is 2. The molecule has 0 spiro atoms. The molecule has 4 bridgehead atoms. The van der Waals surface area contributed by atoms with Crippen LogP contribution in [0.2, 0.25) is 0 Å². The highest BCUT2D eigenvalue weighted by Gasteiger charge is 2.51. The summed E-state index contributed by atoms with van der Waals surface area (Å²) in [4.78, 5) is 53.2. The highest BCUT2D eigenvalue weighted by atomic mass is 16.6. The molecule has 0 radical (unpaired) electrons. The van der Waals surface area contributed by atoms with Gasteiger partial charge in [-0.25, -0.2) is 19.4 Å². The Morgan fingerprint density at radius 2 is 1.05 bits per heavy atom. The summed E-state index contributed by atoms with van der Waals surface area (Å²) in [6.45, 7) is 20.1. The molecule has 6 heterocycles. The van der Waals surface area contributed by atoms with Crippen LogP contribution < -0.4 is 10.3 Å². The lowest BCUT2D eigenvalue weighted by atomic mass is 9.85. The van der Waals surface area contributed by atoms with E-state index in [-0.39, 0.29) is 47.8 Å². The van der Waals surface area contributed by atoms with Gasteiger partial charge in [-0.15, -0.1) is 0 Å². The average molecular weight is 769 g/mol. The molecule has 5 aliphatic heterocycles. The number of aryl methyl sites for hydroxylation is 6. The Hall–Kier alpha value is -4.22. The summed E-state index contributed by atoms with van der Waals surface area (Å²) in [5.74, 6) is -0.797. The summed E-state index contributed by atoms with van der Waals surface area (Å²) in [6.07, 6.45) is 7.35. The maximum Gasteiger partial charge on any atom is 0.317 e. The van der Waals surface area contributed by atoms with Crippen molar-refractivity contribution in [3.63, 3.8) is 0 Å². The average Bonchev–Trinajstić information content (AvgIpc) is 3.83. The fraction of sp³-hybridized carbons (Fsp3) is 0.600. The molecule has 2 aromatic carbocycles. The van der Waals surface area contributed by atoms with E-state index < -0.39 is 11.3 Å². The van der Waals surface area contributed by atoms with Gasteiger partial charge in [-0.2, -0.15) is 0 Å². The third-order valence-corrected chi connectivity index (χ3v) is 12.2. The van der Waals surface area contributed by atoms with E-state index in [9.17, 15) is 19.2 Å². The molecule has 4 unspecified atom stereocenters. The minimum Gasteiger partial charge on any atom is -0.407 e. The molecule has 11 nitrogen and oxygen atoms in total. The van der Waals surface area contributed by atoms with Crippen molar-refractivity contribution in [1.29, 1.82) is 0 Å². The Morgan fingerprint density at radius 3 is 1.48 bits per heavy atom. The Balaban J connectivity index is 0.000000175. The quantitative estimate of drug-likeness (QED) is 0.197. The van der Waals surface area contributed by atoms with Crippen molar-refractivity contribution < 1.29 is 28.6 Å². The zero-order chi connectivity index (χ0) is 40.2. The number of rotatable bonds is 7. The SMILES string of the molecule is CCc1cc(C)cc(CC)c1-c1c(OC(=O)C(C)(C)C)n2n(c1=O)CC1CCC(C2)O1.CCc1cc(C)cc(CC)c1C1C(=O)N2CC3CCC(CN2C1=O)O3. The van der Waals surface area contributed by atoms with Crippen LogP contribution in [-0.2, 0) is 62.6 Å². The fourth-order valence-electron chi connectivity index (χ4n) is 9.35. The van der Waals surface area contributed by atoms with E-state index in [1.165, 1.54) is 11.1 Å². The van der Waals surface area contributed by atoms with Gasteiger partial charge in [0, 0.05) is 0 Å². The largest absolute Gasteiger partial charge is 0.407 e. The van der Waals surface area contributed by atoms with E-state index in [1.807, 2.05) is 25.5 Å². The Morgan fingerprint density at radius 1 is 0.643 bits per heavy atom. The Bertz CT molecular complexity index is 2010. The number of carbonyl (C=O) groups excluding carboxylic acids is 3. The molecule has 4 atom stereocenters. The molecule has 4 saturated heterocycles. The van der Waals surface area contributed by atoms with Crippen LogP contribution in [0.3, 0.4) is 0 Å². The molecule has 2 amide bonds. The topological polar surface area (TPSA) is 112 Å². The van der Waals surface area contributed by atoms with Gasteiger partial charge in [-0.1, -0.05) is 63.1 Å². The number of nitrogens with zero attached hydrogens (tertiary/aromatic N) is 4. The molecule has 4 fully saturated rings. The second-order valence-corrected chi connectivity index (χ2v) is 17.3. The van der Waals surface area contributed by atoms with Gasteiger partial charge in [-0.3, -0.25) is 19.2 Å². The highest BCUT2D eigenvalue weighted by Crippen LogP contribution is 2.40. The standard InChI is InChI=1S/C25H34N2O4.C20H26N2O3/c1-7-16-11-15(3)12-17(8-2)20(16)21-22(28)26-13-18-9-10-19(30-18)14-27(26)23(21)31-24(29)25(4,5)6;1-4-13-8-12(3)9-14(5-2)17(13)18-19(23)21-10-15-6-7-16(25-15)11-22(21)20(18)24/h11-12,18-19H,7-10,13-14H2,1-6H3;8-9,15-16,18H,4-7,10-11H2,1-3H3. The van der Waals surface area contributed by atoms with Gasteiger partial charge in [0.05, 0.1) is 56.0 Å². The van der Waals surface area contributed by atoms with E-state index in [0.717, 1.165) is 84.7 Å². The van der Waals surface area contributed by atoms with Crippen molar-refractivity contribution in [3.05, 3.63) is 73.6 Å². The molecule has 3 aromatic rings. The number of ether oxygens (including phenoxy) is 3. The van der Waals surface area contributed by atoms with Crippen molar-refractivity contribution in [1.82, 2.24) is 19.4 Å². The lowest BCUT2D eigenvalue weighted by Crippen LogP contribution is -2.45. The third-order valence-electron chi connectivity index (χ3n) is 12.2. The Kier molecular flexibility index (Phi) is 11.1. The summed E-state index contributed by atoms with van der Waals surface area (Å²) in [6, 6.07) is 8.54. The minimum absolute atomic E-state index is 0.0344. The van der Waals surface area contributed by atoms with Crippen molar-refractivity contribution in [2.24, 2.45) is 5.41 Å². The fourth-order valence-corrected chi connectivity index (χ4v) is 9.35. The lowest BCUT2D eigenvalue weighted by Gasteiger charge is -2.27. The number of amides is 2. The van der Waals surface area contributed by atoms with Gasteiger partial charge in [-0.05, 0) is 119 Å². The molecule has 1 aromatic heterocycles. The van der Waals surface area contributed by atoms with Crippen LogP contribution in [0.1, 0.15) is 119 Å². The van der Waals surface area contributed by atoms with Gasteiger partial charge < -0.3 is 14.2 Å². The molecule has 0 N–H and O–H groups in total. The first kappa shape index (κ1) is 40.0. The van der Waals surface area contributed by atoms with E-state index >= 15 is 0 Å². The molecule has 8 rings (SSSR count). The van der Waals surface area contributed by atoms with E-state index in [2.05, 4.69) is 65.8 Å². The number of hydrogen-bond acceptors (Lipinski definition) is 7. The van der Waals surface area contributed by atoms with Gasteiger partial charge in [0.15, 0.2) is 0 Å². The summed E-state index contributed by atoms with van der Waals surface area (Å²) in [5.41, 5.74) is 8.48. The van der Waals surface area contributed by atoms with Crippen LogP contribution in [0.15, 0.2) is 29.1 Å². The molecule has 5 aliphatic rings. The summed E-state index contributed by atoms with van der Waals surface area (Å²) in [5, 5.41) is 3.32. The number of hydrogen-bond donors (Lipinski definition) is 0. The van der Waals surface area contributed by atoms with Crippen molar-refractivity contribution in [3.8, 4) is 17.0 Å². The van der Waals surface area contributed by atoms with Crippen LogP contribution in [0.4, 0.5) is 0 Å². The number of fused-ring (bicyclic) bond motifs is 6. The number of esters is 1. The monoisotopic (exact) mass is 768 g/mol. The summed E-state index contributed by atoms with van der Waals surface area (Å²) in [7, 11) is 0. The van der Waals surface area contributed by atoms with Crippen LogP contribution in [0, 0.1) is 19.3 Å². The van der Waals surface area contributed by atoms with Crippen molar-refractivity contribution >= 4 is 17.8 Å². The van der Waals surface area contributed by atoms with Crippen molar-refractivity contribution in [2.45, 2.75) is 157 Å². The van der Waals surface area contributed by atoms with Gasteiger partial charge in [0.25, 0.3) is 17.4 Å². The number of carbonyl (C=O) groups is 3. The predicted molar refractivity (Wildman–Crippen MR) is 215 cm³/mol. The minimum atomic E-state index is -0.678. The lowest BCUT2D eigenvalue weighted by molar-refractivity contribution is -0.146. The van der Waals surface area contributed by atoms with Crippen LogP contribution >= 0.6 is 0 Å². The summed E-state index contributed by atoms with van der Waals surface area (Å²) >= 11 is 0. The zero-order valence-electron chi connectivity index (χ0n) is 34.8. The van der Waals surface area contributed by atoms with Crippen LogP contribution in [0.5, 0.6) is 5.88 Å². The first-order chi connectivity index (χ1) is 26.7. The smallest absolute Gasteiger partial charge is 0.317 e. The third kappa shape index (κ3) is 7.25. The molecule has 56 heavy (non-hydrogen) atoms. The highest BCUT2D eigenvalue weighted by molar-refractivity contribution is 6.10. The first-order valence-electron chi connectivity index (χ1n) is 20.9. The maximum atomic E-state index is 13.8. The second-order valence-electron chi connectivity index (χ2n) is 17.3. The van der Waals surface area contributed by atoms with Crippen LogP contribution in [-0.4, -0.2) is 74.7 Å². The normalized spacial score (nSPS) is 24.1. The predicted octanol–water partition coefficient (Wildman–Crippen LogP) is 6.61. The van der Waals surface area contributed by atoms with Gasteiger partial charge in [0.1, 0.15) is 11.5 Å². The Labute approximate surface area is 331 Å². The summed E-state index contributed by atoms with van der Waals surface area (Å²) < 4.78 is 21.6. The molecule has 11 heteroatoms. The van der Waals surface area contributed by atoms with Gasteiger partial charge in [0.2, 0.25) is 5.88 Å². The van der Waals surface area contributed by atoms with Crippen molar-refractivity contribution in [2.75, 3.05) is 13.1 Å². The van der Waals surface area contributed by atoms with E-state index in [1.54, 1.807) is 14.7 Å². The van der Waals surface area contributed by atoms with Crippen LogP contribution in [0.25, 0.3) is 11.1 Å². The van der Waals surface area contributed by atoms with Gasteiger partial charge >= 0.3 is 5.97 Å². The zero-order valence-corrected chi connectivity index (χ0v) is 34.8. The second kappa shape index (κ2) is 15.6. The maximum absolute atomic E-state index is 13.8. The molecular formula is C45H60N4O7. The molecule has 0 saturated carbocycles. The number of hydrazine groups is 1. The molecule has 302 valence electrons. The van der Waals surface area contributed by atoms with E-state index in [4.69, 9.17) is 14.2 Å². The molecule has 0 aliphatic carbocycles. The number of benzene rings is 2. The first-order valence-corrected chi connectivity index (χ1v) is 20.9. The van der Waals surface area contributed by atoms with E-state index in [0.29, 0.717) is 37.6 Å².